The van der Waals surface area contributed by atoms with Gasteiger partial charge in [-0.25, -0.2) is 8.42 Å². The average Bonchev–Trinajstić information content (AvgIpc) is 3.61. The maximum atomic E-state index is 14.2. The van der Waals surface area contributed by atoms with E-state index < -0.39 is 15.4 Å². The van der Waals surface area contributed by atoms with E-state index in [1.807, 2.05) is 42.5 Å². The molecule has 0 bridgehead atoms. The number of carbonyl (C=O) groups excluding carboxylic acids is 1. The molecule has 1 saturated carbocycles. The molecule has 1 saturated heterocycles. The Labute approximate surface area is 196 Å². The highest BCUT2D eigenvalue weighted by atomic mass is 32.2. The number of piperazine rings is 1. The molecule has 0 amide bonds. The molecule has 2 aliphatic rings. The van der Waals surface area contributed by atoms with Crippen LogP contribution in [0.3, 0.4) is 0 Å². The second-order valence-corrected chi connectivity index (χ2v) is 11.9. The Bertz CT molecular complexity index is 1070. The van der Waals surface area contributed by atoms with Crippen molar-refractivity contribution in [2.75, 3.05) is 43.4 Å². The van der Waals surface area contributed by atoms with Gasteiger partial charge in [0.1, 0.15) is 0 Å². The van der Waals surface area contributed by atoms with Crippen molar-refractivity contribution in [3.8, 4) is 0 Å². The van der Waals surface area contributed by atoms with Crippen LogP contribution >= 0.6 is 12.6 Å². The first-order valence-electron chi connectivity index (χ1n) is 11.4. The molecule has 32 heavy (non-hydrogen) atoms. The fraction of sp³-hybridized carbons (Fsp3) is 0.542. The second-order valence-electron chi connectivity index (χ2n) is 9.26. The summed E-state index contributed by atoms with van der Waals surface area (Å²) in [6, 6.07) is 13.4. The number of sulfone groups is 1. The average molecular weight is 476 g/mol. The highest BCUT2D eigenvalue weighted by molar-refractivity contribution is 7.91. The molecule has 0 radical (unpaired) electrons. The molecule has 8 heteroatoms. The zero-order valence-electron chi connectivity index (χ0n) is 18.4. The molecule has 6 nitrogen and oxygen atoms in total. The third kappa shape index (κ3) is 5.20. The van der Waals surface area contributed by atoms with Crippen molar-refractivity contribution in [2.45, 2.75) is 30.8 Å². The summed E-state index contributed by atoms with van der Waals surface area (Å²) in [5, 5.41) is 5.26. The lowest BCUT2D eigenvalue weighted by Gasteiger charge is -2.47. The van der Waals surface area contributed by atoms with E-state index in [-0.39, 0.29) is 29.8 Å². The third-order valence-electron chi connectivity index (χ3n) is 6.74. The van der Waals surface area contributed by atoms with Crippen molar-refractivity contribution >= 4 is 39.0 Å². The first kappa shape index (κ1) is 23.7. The summed E-state index contributed by atoms with van der Waals surface area (Å²) in [5.41, 5.74) is 5.92. The number of nitrogens with two attached hydrogens (primary N) is 1. The fourth-order valence-electron chi connectivity index (χ4n) is 4.75. The molecule has 2 aromatic carbocycles. The van der Waals surface area contributed by atoms with Gasteiger partial charge in [0.2, 0.25) is 0 Å². The monoisotopic (exact) mass is 475 g/mol. The zero-order chi connectivity index (χ0) is 22.8. The van der Waals surface area contributed by atoms with Crippen molar-refractivity contribution in [2.24, 2.45) is 11.7 Å². The van der Waals surface area contributed by atoms with E-state index in [0.717, 1.165) is 30.2 Å². The number of fused-ring (bicyclic) bond motifs is 1. The zero-order valence-corrected chi connectivity index (χ0v) is 20.1. The predicted molar refractivity (Wildman–Crippen MR) is 133 cm³/mol. The minimum Gasteiger partial charge on any atom is -0.326 e. The molecule has 1 heterocycles. The number of hydrogen-bond donors (Lipinski definition) is 3. The van der Waals surface area contributed by atoms with Gasteiger partial charge in [-0.05, 0) is 36.0 Å². The number of thiol groups is 1. The van der Waals surface area contributed by atoms with E-state index in [1.54, 1.807) is 0 Å². The third-order valence-corrected chi connectivity index (χ3v) is 9.02. The normalized spacial score (nSPS) is 23.3. The van der Waals surface area contributed by atoms with E-state index in [2.05, 4.69) is 22.8 Å². The molecule has 3 N–H and O–H groups in total. The van der Waals surface area contributed by atoms with E-state index in [9.17, 15) is 13.2 Å². The number of nitrogens with zero attached hydrogens (tertiary/aromatic N) is 1. The molecule has 2 aromatic rings. The maximum absolute atomic E-state index is 14.2. The number of benzene rings is 2. The Balaban J connectivity index is 1.72. The number of rotatable bonds is 10. The Kier molecular flexibility index (Phi) is 7.27. The van der Waals surface area contributed by atoms with Crippen LogP contribution in [0, 0.1) is 5.92 Å². The van der Waals surface area contributed by atoms with Crippen molar-refractivity contribution in [3.63, 3.8) is 0 Å². The van der Waals surface area contributed by atoms with Crippen molar-refractivity contribution in [3.05, 3.63) is 48.0 Å². The van der Waals surface area contributed by atoms with Crippen LogP contribution < -0.4 is 11.1 Å². The van der Waals surface area contributed by atoms with Crippen LogP contribution in [-0.4, -0.2) is 74.1 Å². The highest BCUT2D eigenvalue weighted by Crippen LogP contribution is 2.33. The van der Waals surface area contributed by atoms with Crippen LogP contribution in [0.5, 0.6) is 0 Å². The summed E-state index contributed by atoms with van der Waals surface area (Å²) in [6.45, 7) is 2.29. The van der Waals surface area contributed by atoms with Gasteiger partial charge in [-0.2, -0.15) is 12.6 Å². The number of hydrogen-bond acceptors (Lipinski definition) is 7. The summed E-state index contributed by atoms with van der Waals surface area (Å²) in [7, 11) is -3.22. The minimum absolute atomic E-state index is 0.00823. The lowest BCUT2D eigenvalue weighted by molar-refractivity contribution is 0.0396. The van der Waals surface area contributed by atoms with Gasteiger partial charge in [0.15, 0.2) is 15.6 Å². The van der Waals surface area contributed by atoms with Crippen LogP contribution in [0.2, 0.25) is 0 Å². The number of nitrogens with one attached hydrogen (secondary N) is 1. The van der Waals surface area contributed by atoms with Crippen LogP contribution in [-0.2, 0) is 9.84 Å². The molecule has 2 atom stereocenters. The van der Waals surface area contributed by atoms with Crippen molar-refractivity contribution in [1.82, 2.24) is 10.2 Å². The van der Waals surface area contributed by atoms with Gasteiger partial charge < -0.3 is 11.1 Å². The molecule has 0 aromatic heterocycles. The summed E-state index contributed by atoms with van der Waals surface area (Å²) in [6.07, 6.45) is 2.24. The Morgan fingerprint density at radius 2 is 1.97 bits per heavy atom. The SMILES string of the molecule is N[C@@H](CS)CN1CCNC[C@@]1(CCS(=O)(=O)CC1CC1)C(=O)c1cccc2ccccc12. The molecule has 174 valence electrons. The van der Waals surface area contributed by atoms with E-state index in [1.165, 1.54) is 0 Å². The first-order chi connectivity index (χ1) is 15.3. The molecule has 1 aliphatic heterocycles. The summed E-state index contributed by atoms with van der Waals surface area (Å²) in [5.74, 6) is 1.00. The lowest BCUT2D eigenvalue weighted by atomic mass is 9.81. The highest BCUT2D eigenvalue weighted by Gasteiger charge is 2.47. The molecule has 0 unspecified atom stereocenters. The molecule has 4 rings (SSSR count). The molecular formula is C24H33N3O3S2. The molecular weight excluding hydrogens is 442 g/mol. The summed E-state index contributed by atoms with van der Waals surface area (Å²) >= 11 is 4.34. The van der Waals surface area contributed by atoms with Crippen LogP contribution in [0.1, 0.15) is 29.6 Å². The fourth-order valence-corrected chi connectivity index (χ4v) is 6.73. The Morgan fingerprint density at radius 1 is 1.22 bits per heavy atom. The van der Waals surface area contributed by atoms with E-state index >= 15 is 0 Å². The minimum atomic E-state index is -3.22. The lowest BCUT2D eigenvalue weighted by Crippen LogP contribution is -2.67. The number of Topliss-reactive ketones (excluding diaryl/α,β-unsaturated/α-hetero) is 1. The standard InChI is InChI=1S/C24H33N3O3S2/c25-20(15-31)14-27-12-11-26-17-24(27,10-13-32(29,30)16-18-8-9-18)23(28)22-7-3-5-19-4-1-2-6-21(19)22/h1-7,18,20,26,31H,8-17,25H2/t20-,24+/m1/s1. The predicted octanol–water partition coefficient (Wildman–Crippen LogP) is 2.14. The molecule has 0 spiro atoms. The number of carbonyl (C=O) groups is 1. The van der Waals surface area contributed by atoms with Gasteiger partial charge in [-0.15, -0.1) is 0 Å². The first-order valence-corrected chi connectivity index (χ1v) is 13.9. The topological polar surface area (TPSA) is 92.5 Å². The maximum Gasteiger partial charge on any atom is 0.185 e. The van der Waals surface area contributed by atoms with Crippen LogP contribution in [0.25, 0.3) is 10.8 Å². The van der Waals surface area contributed by atoms with Crippen molar-refractivity contribution < 1.29 is 13.2 Å². The van der Waals surface area contributed by atoms with Gasteiger partial charge in [0.05, 0.1) is 17.0 Å². The van der Waals surface area contributed by atoms with Crippen LogP contribution in [0.15, 0.2) is 42.5 Å². The molecule has 1 aliphatic carbocycles. The van der Waals surface area contributed by atoms with Crippen molar-refractivity contribution in [1.29, 1.82) is 0 Å². The van der Waals surface area contributed by atoms with Crippen LogP contribution in [0.4, 0.5) is 0 Å². The van der Waals surface area contributed by atoms with Gasteiger partial charge in [-0.1, -0.05) is 42.5 Å². The molecule has 2 fully saturated rings. The van der Waals surface area contributed by atoms with E-state index in [0.29, 0.717) is 36.9 Å². The van der Waals surface area contributed by atoms with Gasteiger partial charge >= 0.3 is 0 Å². The van der Waals surface area contributed by atoms with E-state index in [4.69, 9.17) is 5.73 Å². The summed E-state index contributed by atoms with van der Waals surface area (Å²) < 4.78 is 25.7. The van der Waals surface area contributed by atoms with Gasteiger partial charge in [0, 0.05) is 43.5 Å². The second kappa shape index (κ2) is 9.81. The summed E-state index contributed by atoms with van der Waals surface area (Å²) in [4.78, 5) is 16.3. The Morgan fingerprint density at radius 3 is 2.72 bits per heavy atom. The largest absolute Gasteiger partial charge is 0.326 e. The quantitative estimate of drug-likeness (QED) is 0.360. The smallest absolute Gasteiger partial charge is 0.185 e. The van der Waals surface area contributed by atoms with Gasteiger partial charge in [0.25, 0.3) is 0 Å². The Hall–Kier alpha value is -1.45. The number of ketones is 1. The van der Waals surface area contributed by atoms with Gasteiger partial charge in [-0.3, -0.25) is 9.69 Å².